The summed E-state index contributed by atoms with van der Waals surface area (Å²) in [6.07, 6.45) is 1.21. The first kappa shape index (κ1) is 16.0. The van der Waals surface area contributed by atoms with Crippen LogP contribution in [0, 0.1) is 11.3 Å². The van der Waals surface area contributed by atoms with Crippen LogP contribution in [-0.4, -0.2) is 32.8 Å². The smallest absolute Gasteiger partial charge is 0.241 e. The van der Waals surface area contributed by atoms with Gasteiger partial charge in [0.2, 0.25) is 5.91 Å². The summed E-state index contributed by atoms with van der Waals surface area (Å²) in [5, 5.41) is 11.7. The van der Waals surface area contributed by atoms with Gasteiger partial charge in [-0.3, -0.25) is 4.79 Å². The predicted molar refractivity (Wildman–Crippen MR) is 75.4 cm³/mol. The summed E-state index contributed by atoms with van der Waals surface area (Å²) in [4.78, 5) is 12.0. The molecule has 1 aromatic carbocycles. The first-order valence-electron chi connectivity index (χ1n) is 6.26. The van der Waals surface area contributed by atoms with Gasteiger partial charge in [0, 0.05) is 13.7 Å². The maximum absolute atomic E-state index is 12.0. The summed E-state index contributed by atoms with van der Waals surface area (Å²) < 4.78 is 10.1. The average Bonchev–Trinajstić information content (AvgIpc) is 2.47. The monoisotopic (exact) mass is 277 g/mol. The van der Waals surface area contributed by atoms with E-state index in [1.807, 2.05) is 6.07 Å². The van der Waals surface area contributed by atoms with E-state index < -0.39 is 6.04 Å². The van der Waals surface area contributed by atoms with E-state index in [2.05, 4.69) is 5.32 Å². The standard InChI is InChI=1S/C14H19N3O3/c1-19-8-4-6-11(16)14(18)17-13-10(9-15)5-3-7-12(13)20-2/h3,5,7,11H,4,6,8,16H2,1-2H3,(H,17,18). The average molecular weight is 277 g/mol. The van der Waals surface area contributed by atoms with E-state index in [1.165, 1.54) is 7.11 Å². The third-order valence-electron chi connectivity index (χ3n) is 2.82. The SMILES string of the molecule is COCCCC(N)C(=O)Nc1c(C#N)cccc1OC. The summed E-state index contributed by atoms with van der Waals surface area (Å²) in [6.45, 7) is 0.555. The number of hydrogen-bond acceptors (Lipinski definition) is 5. The molecule has 0 saturated heterocycles. The Morgan fingerprint density at radius 1 is 1.50 bits per heavy atom. The second-order valence-corrected chi connectivity index (χ2v) is 4.23. The Kier molecular flexibility index (Phi) is 6.50. The van der Waals surface area contributed by atoms with Gasteiger partial charge in [0.1, 0.15) is 17.5 Å². The van der Waals surface area contributed by atoms with E-state index in [0.29, 0.717) is 36.4 Å². The Morgan fingerprint density at radius 3 is 2.85 bits per heavy atom. The number of anilines is 1. The zero-order valence-corrected chi connectivity index (χ0v) is 11.7. The number of nitrogens with two attached hydrogens (primary N) is 1. The van der Waals surface area contributed by atoms with Crippen molar-refractivity contribution in [3.8, 4) is 11.8 Å². The van der Waals surface area contributed by atoms with Gasteiger partial charge in [0.25, 0.3) is 0 Å². The molecule has 0 radical (unpaired) electrons. The highest BCUT2D eigenvalue weighted by atomic mass is 16.5. The molecule has 1 atom stereocenters. The molecule has 0 aromatic heterocycles. The molecule has 6 heteroatoms. The van der Waals surface area contributed by atoms with Crippen molar-refractivity contribution in [2.75, 3.05) is 26.1 Å². The van der Waals surface area contributed by atoms with Crippen molar-refractivity contribution >= 4 is 11.6 Å². The second kappa shape index (κ2) is 8.15. The Morgan fingerprint density at radius 2 is 2.25 bits per heavy atom. The molecule has 1 rings (SSSR count). The molecular weight excluding hydrogens is 258 g/mol. The minimum atomic E-state index is -0.651. The summed E-state index contributed by atoms with van der Waals surface area (Å²) in [5.41, 5.74) is 6.48. The first-order chi connectivity index (χ1) is 9.63. The van der Waals surface area contributed by atoms with Gasteiger partial charge in [-0.05, 0) is 25.0 Å². The largest absolute Gasteiger partial charge is 0.495 e. The van der Waals surface area contributed by atoms with E-state index in [9.17, 15) is 4.79 Å². The number of benzene rings is 1. The van der Waals surface area contributed by atoms with Gasteiger partial charge in [-0.25, -0.2) is 0 Å². The quantitative estimate of drug-likeness (QED) is 0.731. The number of amides is 1. The molecule has 20 heavy (non-hydrogen) atoms. The highest BCUT2D eigenvalue weighted by Crippen LogP contribution is 2.27. The minimum absolute atomic E-state index is 0.335. The molecule has 108 valence electrons. The number of rotatable bonds is 7. The van der Waals surface area contributed by atoms with Crippen molar-refractivity contribution in [3.63, 3.8) is 0 Å². The van der Waals surface area contributed by atoms with E-state index in [0.717, 1.165) is 0 Å². The van der Waals surface area contributed by atoms with E-state index in [-0.39, 0.29) is 5.91 Å². The molecule has 1 amide bonds. The molecule has 0 heterocycles. The van der Waals surface area contributed by atoms with Crippen LogP contribution in [-0.2, 0) is 9.53 Å². The van der Waals surface area contributed by atoms with Gasteiger partial charge >= 0.3 is 0 Å². The summed E-state index contributed by atoms with van der Waals surface area (Å²) >= 11 is 0. The summed E-state index contributed by atoms with van der Waals surface area (Å²) in [7, 11) is 3.07. The zero-order valence-electron chi connectivity index (χ0n) is 11.7. The molecule has 0 saturated carbocycles. The number of para-hydroxylation sites is 1. The molecule has 0 fully saturated rings. The Bertz CT molecular complexity index is 497. The molecule has 3 N–H and O–H groups in total. The van der Waals surface area contributed by atoms with Crippen LogP contribution >= 0.6 is 0 Å². The highest BCUT2D eigenvalue weighted by Gasteiger charge is 2.17. The fraction of sp³-hybridized carbons (Fsp3) is 0.429. The molecule has 0 spiro atoms. The number of carbonyl (C=O) groups is 1. The van der Waals surface area contributed by atoms with Crippen LogP contribution in [0.1, 0.15) is 18.4 Å². The van der Waals surface area contributed by atoms with Crippen LogP contribution in [0.25, 0.3) is 0 Å². The fourth-order valence-electron chi connectivity index (χ4n) is 1.72. The van der Waals surface area contributed by atoms with Crippen LogP contribution in [0.5, 0.6) is 5.75 Å². The fourth-order valence-corrected chi connectivity index (χ4v) is 1.72. The number of ether oxygens (including phenoxy) is 2. The third kappa shape index (κ3) is 4.23. The maximum Gasteiger partial charge on any atom is 0.241 e. The Hall–Kier alpha value is -2.10. The first-order valence-corrected chi connectivity index (χ1v) is 6.26. The van der Waals surface area contributed by atoms with Crippen molar-refractivity contribution in [1.29, 1.82) is 5.26 Å². The molecule has 1 aromatic rings. The van der Waals surface area contributed by atoms with Gasteiger partial charge < -0.3 is 20.5 Å². The van der Waals surface area contributed by atoms with Crippen LogP contribution in [0.2, 0.25) is 0 Å². The highest BCUT2D eigenvalue weighted by molar-refractivity contribution is 5.97. The maximum atomic E-state index is 12.0. The number of nitriles is 1. The van der Waals surface area contributed by atoms with Crippen molar-refractivity contribution < 1.29 is 14.3 Å². The number of nitrogens with one attached hydrogen (secondary N) is 1. The lowest BCUT2D eigenvalue weighted by Crippen LogP contribution is -2.36. The van der Waals surface area contributed by atoms with Crippen LogP contribution in [0.4, 0.5) is 5.69 Å². The summed E-state index contributed by atoms with van der Waals surface area (Å²) in [5.74, 6) is 0.0867. The Labute approximate surface area is 118 Å². The topological polar surface area (TPSA) is 97.4 Å². The van der Waals surface area contributed by atoms with E-state index in [1.54, 1.807) is 25.3 Å². The molecule has 0 aliphatic rings. The molecule has 6 nitrogen and oxygen atoms in total. The molecule has 0 aliphatic heterocycles. The predicted octanol–water partition coefficient (Wildman–Crippen LogP) is 1.26. The van der Waals surface area contributed by atoms with Gasteiger partial charge in [0.05, 0.1) is 18.7 Å². The minimum Gasteiger partial charge on any atom is -0.495 e. The second-order valence-electron chi connectivity index (χ2n) is 4.23. The lowest BCUT2D eigenvalue weighted by molar-refractivity contribution is -0.117. The molecule has 0 aliphatic carbocycles. The van der Waals surface area contributed by atoms with Gasteiger partial charge in [-0.1, -0.05) is 6.07 Å². The van der Waals surface area contributed by atoms with Gasteiger partial charge in [0.15, 0.2) is 0 Å². The number of hydrogen-bond donors (Lipinski definition) is 2. The van der Waals surface area contributed by atoms with E-state index in [4.69, 9.17) is 20.5 Å². The number of carbonyl (C=O) groups excluding carboxylic acids is 1. The lowest BCUT2D eigenvalue weighted by Gasteiger charge is -2.15. The molecule has 1 unspecified atom stereocenters. The van der Waals surface area contributed by atoms with Crippen molar-refractivity contribution in [1.82, 2.24) is 0 Å². The number of nitrogens with zero attached hydrogens (tertiary/aromatic N) is 1. The van der Waals surface area contributed by atoms with E-state index >= 15 is 0 Å². The lowest BCUT2D eigenvalue weighted by atomic mass is 10.1. The third-order valence-corrected chi connectivity index (χ3v) is 2.82. The van der Waals surface area contributed by atoms with Crippen molar-refractivity contribution in [2.45, 2.75) is 18.9 Å². The van der Waals surface area contributed by atoms with Crippen molar-refractivity contribution in [3.05, 3.63) is 23.8 Å². The normalized spacial score (nSPS) is 11.5. The van der Waals surface area contributed by atoms with Gasteiger partial charge in [-0.15, -0.1) is 0 Å². The van der Waals surface area contributed by atoms with Crippen molar-refractivity contribution in [2.24, 2.45) is 5.73 Å². The van der Waals surface area contributed by atoms with Crippen LogP contribution in [0.15, 0.2) is 18.2 Å². The summed E-state index contributed by atoms with van der Waals surface area (Å²) in [6, 6.07) is 6.33. The van der Waals surface area contributed by atoms with Gasteiger partial charge in [-0.2, -0.15) is 5.26 Å². The zero-order chi connectivity index (χ0) is 15.0. The number of methoxy groups -OCH3 is 2. The van der Waals surface area contributed by atoms with Crippen LogP contribution < -0.4 is 15.8 Å². The van der Waals surface area contributed by atoms with Crippen LogP contribution in [0.3, 0.4) is 0 Å². The molecule has 0 bridgehead atoms. The molecular formula is C14H19N3O3. The Balaban J connectivity index is 2.77.